The lowest BCUT2D eigenvalue weighted by Crippen LogP contribution is -2.30. The number of nitrogens with one attached hydrogen (secondary N) is 1. The summed E-state index contributed by atoms with van der Waals surface area (Å²) in [7, 11) is 0. The molecule has 0 saturated carbocycles. The van der Waals surface area contributed by atoms with Gasteiger partial charge in [-0.25, -0.2) is 4.68 Å². The van der Waals surface area contributed by atoms with Crippen molar-refractivity contribution in [3.63, 3.8) is 0 Å². The molecule has 0 unspecified atom stereocenters. The average molecular weight is 414 g/mol. The Kier molecular flexibility index (Phi) is 5.42. The summed E-state index contributed by atoms with van der Waals surface area (Å²) in [5.74, 6) is 0.421. The number of ether oxygens (including phenoxy) is 1. The molecule has 3 aromatic rings. The molecule has 6 heteroatoms. The minimum absolute atomic E-state index is 0.220. The highest BCUT2D eigenvalue weighted by Gasteiger charge is 2.17. The average Bonchev–Trinajstić information content (AvgIpc) is 2.95. The molecule has 5 nitrogen and oxygen atoms in total. The van der Waals surface area contributed by atoms with Gasteiger partial charge in [0.2, 0.25) is 0 Å². The van der Waals surface area contributed by atoms with E-state index in [2.05, 4.69) is 26.3 Å². The van der Waals surface area contributed by atoms with Gasteiger partial charge in [0.1, 0.15) is 5.75 Å². The van der Waals surface area contributed by atoms with E-state index in [1.54, 1.807) is 6.92 Å². The Bertz CT molecular complexity index is 919. The third kappa shape index (κ3) is 4.14. The predicted octanol–water partition coefficient (Wildman–Crippen LogP) is 4.66. The largest absolute Gasteiger partial charge is 0.481 e. The Labute approximate surface area is 161 Å². The number of aryl methyl sites for hydroxylation is 2. The van der Waals surface area contributed by atoms with Crippen LogP contribution in [0.25, 0.3) is 5.69 Å². The van der Waals surface area contributed by atoms with Gasteiger partial charge in [-0.2, -0.15) is 5.10 Å². The third-order valence-corrected chi connectivity index (χ3v) is 4.42. The molecule has 1 atom stereocenters. The van der Waals surface area contributed by atoms with Gasteiger partial charge in [-0.3, -0.25) is 4.79 Å². The van der Waals surface area contributed by atoms with E-state index in [1.807, 2.05) is 73.1 Å². The summed E-state index contributed by atoms with van der Waals surface area (Å²) in [5.41, 5.74) is 3.44. The minimum atomic E-state index is -0.635. The van der Waals surface area contributed by atoms with E-state index in [0.29, 0.717) is 11.4 Å². The summed E-state index contributed by atoms with van der Waals surface area (Å²) in [6, 6.07) is 17.0. The van der Waals surface area contributed by atoms with Crippen LogP contribution in [-0.2, 0) is 4.79 Å². The molecule has 2 aromatic carbocycles. The van der Waals surface area contributed by atoms with Crippen molar-refractivity contribution in [2.75, 3.05) is 5.32 Å². The SMILES string of the molecule is Cc1cc(C)n(-c2ccccc2NC(=O)[C@H](C)Oc2ccc(Br)cc2)n1. The number of amides is 1. The Morgan fingerprint density at radius 3 is 2.50 bits per heavy atom. The molecule has 3 rings (SSSR count). The van der Waals surface area contributed by atoms with Crippen LogP contribution in [0.4, 0.5) is 5.69 Å². The molecular weight excluding hydrogens is 394 g/mol. The molecule has 1 amide bonds. The Hall–Kier alpha value is -2.60. The molecule has 1 heterocycles. The zero-order valence-electron chi connectivity index (χ0n) is 14.9. The maximum Gasteiger partial charge on any atom is 0.265 e. The number of benzene rings is 2. The van der Waals surface area contributed by atoms with E-state index < -0.39 is 6.10 Å². The van der Waals surface area contributed by atoms with Gasteiger partial charge in [-0.15, -0.1) is 0 Å². The van der Waals surface area contributed by atoms with E-state index in [0.717, 1.165) is 21.5 Å². The van der Waals surface area contributed by atoms with Crippen molar-refractivity contribution in [3.05, 3.63) is 70.5 Å². The molecule has 1 aromatic heterocycles. The zero-order valence-corrected chi connectivity index (χ0v) is 16.4. The number of aromatic nitrogens is 2. The first kappa shape index (κ1) is 18.2. The standard InChI is InChI=1S/C20H20BrN3O2/c1-13-12-14(2)24(23-13)19-7-5-4-6-18(19)22-20(25)15(3)26-17-10-8-16(21)9-11-17/h4-12,15H,1-3H3,(H,22,25)/t15-/m0/s1. The second kappa shape index (κ2) is 7.74. The van der Waals surface area contributed by atoms with Gasteiger partial charge in [-0.05, 0) is 63.2 Å². The molecule has 0 saturated heterocycles. The smallest absolute Gasteiger partial charge is 0.265 e. The molecule has 26 heavy (non-hydrogen) atoms. The first-order valence-electron chi connectivity index (χ1n) is 8.30. The lowest BCUT2D eigenvalue weighted by atomic mass is 10.2. The van der Waals surface area contributed by atoms with Gasteiger partial charge in [-0.1, -0.05) is 28.1 Å². The molecule has 1 N–H and O–H groups in total. The van der Waals surface area contributed by atoms with E-state index in [9.17, 15) is 4.79 Å². The van der Waals surface area contributed by atoms with Crippen LogP contribution in [0.15, 0.2) is 59.1 Å². The Morgan fingerprint density at radius 1 is 1.15 bits per heavy atom. The summed E-state index contributed by atoms with van der Waals surface area (Å²) >= 11 is 3.38. The van der Waals surface area contributed by atoms with Gasteiger partial charge in [0.25, 0.3) is 5.91 Å². The van der Waals surface area contributed by atoms with Crippen LogP contribution in [0.2, 0.25) is 0 Å². The normalized spacial score (nSPS) is 11.8. The highest BCUT2D eigenvalue weighted by molar-refractivity contribution is 9.10. The quantitative estimate of drug-likeness (QED) is 0.661. The molecule has 134 valence electrons. The number of hydrogen-bond acceptors (Lipinski definition) is 3. The molecule has 0 spiro atoms. The minimum Gasteiger partial charge on any atom is -0.481 e. The molecular formula is C20H20BrN3O2. The van der Waals surface area contributed by atoms with Crippen molar-refractivity contribution >= 4 is 27.5 Å². The summed E-state index contributed by atoms with van der Waals surface area (Å²) in [4.78, 5) is 12.6. The lowest BCUT2D eigenvalue weighted by molar-refractivity contribution is -0.122. The van der Waals surface area contributed by atoms with Crippen LogP contribution in [0.5, 0.6) is 5.75 Å². The summed E-state index contributed by atoms with van der Waals surface area (Å²) in [6.45, 7) is 5.65. The monoisotopic (exact) mass is 413 g/mol. The summed E-state index contributed by atoms with van der Waals surface area (Å²) in [6.07, 6.45) is -0.635. The highest BCUT2D eigenvalue weighted by atomic mass is 79.9. The fourth-order valence-electron chi connectivity index (χ4n) is 2.64. The number of rotatable bonds is 5. The maximum atomic E-state index is 12.6. The fourth-order valence-corrected chi connectivity index (χ4v) is 2.91. The molecule has 0 aliphatic heterocycles. The topological polar surface area (TPSA) is 56.2 Å². The van der Waals surface area contributed by atoms with Crippen LogP contribution < -0.4 is 10.1 Å². The van der Waals surface area contributed by atoms with Crippen LogP contribution >= 0.6 is 15.9 Å². The second-order valence-corrected chi connectivity index (χ2v) is 6.97. The van der Waals surface area contributed by atoms with Crippen molar-refractivity contribution in [3.8, 4) is 11.4 Å². The van der Waals surface area contributed by atoms with Gasteiger partial charge in [0.05, 0.1) is 17.1 Å². The second-order valence-electron chi connectivity index (χ2n) is 6.06. The predicted molar refractivity (Wildman–Crippen MR) is 106 cm³/mol. The Balaban J connectivity index is 1.77. The number of carbonyl (C=O) groups excluding carboxylic acids is 1. The van der Waals surface area contributed by atoms with Crippen molar-refractivity contribution < 1.29 is 9.53 Å². The van der Waals surface area contributed by atoms with E-state index in [4.69, 9.17) is 4.74 Å². The first-order chi connectivity index (χ1) is 12.4. The third-order valence-electron chi connectivity index (χ3n) is 3.90. The van der Waals surface area contributed by atoms with E-state index >= 15 is 0 Å². The van der Waals surface area contributed by atoms with Gasteiger partial charge < -0.3 is 10.1 Å². The number of hydrogen-bond donors (Lipinski definition) is 1. The molecule has 0 fully saturated rings. The highest BCUT2D eigenvalue weighted by Crippen LogP contribution is 2.22. The Morgan fingerprint density at radius 2 is 1.85 bits per heavy atom. The summed E-state index contributed by atoms with van der Waals surface area (Å²) in [5, 5.41) is 7.44. The number of halogens is 1. The lowest BCUT2D eigenvalue weighted by Gasteiger charge is -2.17. The van der Waals surface area contributed by atoms with Gasteiger partial charge >= 0.3 is 0 Å². The first-order valence-corrected chi connectivity index (χ1v) is 9.09. The van der Waals surface area contributed by atoms with Crippen LogP contribution in [0, 0.1) is 13.8 Å². The molecule has 0 bridgehead atoms. The van der Waals surface area contributed by atoms with Gasteiger partial charge in [0, 0.05) is 10.2 Å². The van der Waals surface area contributed by atoms with Crippen molar-refractivity contribution in [1.82, 2.24) is 9.78 Å². The molecule has 0 aliphatic carbocycles. The fraction of sp³-hybridized carbons (Fsp3) is 0.200. The number of anilines is 1. The van der Waals surface area contributed by atoms with E-state index in [-0.39, 0.29) is 5.91 Å². The number of para-hydroxylation sites is 2. The van der Waals surface area contributed by atoms with Crippen LogP contribution in [0.1, 0.15) is 18.3 Å². The van der Waals surface area contributed by atoms with Crippen LogP contribution in [-0.4, -0.2) is 21.8 Å². The zero-order chi connectivity index (χ0) is 18.7. The van der Waals surface area contributed by atoms with Crippen molar-refractivity contribution in [2.45, 2.75) is 26.9 Å². The number of carbonyl (C=O) groups is 1. The van der Waals surface area contributed by atoms with E-state index in [1.165, 1.54) is 0 Å². The van der Waals surface area contributed by atoms with Gasteiger partial charge in [0.15, 0.2) is 6.10 Å². The summed E-state index contributed by atoms with van der Waals surface area (Å²) < 4.78 is 8.51. The van der Waals surface area contributed by atoms with Crippen molar-refractivity contribution in [2.24, 2.45) is 0 Å². The number of nitrogens with zero attached hydrogens (tertiary/aromatic N) is 2. The molecule has 0 aliphatic rings. The molecule has 0 radical (unpaired) electrons. The maximum absolute atomic E-state index is 12.6. The van der Waals surface area contributed by atoms with Crippen molar-refractivity contribution in [1.29, 1.82) is 0 Å². The van der Waals surface area contributed by atoms with Crippen LogP contribution in [0.3, 0.4) is 0 Å².